The van der Waals surface area contributed by atoms with Gasteiger partial charge in [0.2, 0.25) is 0 Å². The molecule has 1 heterocycles. The first-order chi connectivity index (χ1) is 9.97. The van der Waals surface area contributed by atoms with Crippen molar-refractivity contribution >= 4 is 38.2 Å². The smallest absolute Gasteiger partial charge is 0.0960 e. The lowest BCUT2D eigenvalue weighted by molar-refractivity contribution is 1.34. The maximum absolute atomic E-state index is 6.24. The summed E-state index contributed by atoms with van der Waals surface area (Å²) in [6.45, 7) is 4.13. The summed E-state index contributed by atoms with van der Waals surface area (Å²) in [6, 6.07) is 12.1. The van der Waals surface area contributed by atoms with Gasteiger partial charge in [0.05, 0.1) is 22.6 Å². The summed E-state index contributed by atoms with van der Waals surface area (Å²) in [5.41, 5.74) is 18.5. The van der Waals surface area contributed by atoms with Crippen LogP contribution in [-0.4, -0.2) is 4.98 Å². The van der Waals surface area contributed by atoms with Crippen LogP contribution in [0.3, 0.4) is 0 Å². The maximum atomic E-state index is 6.24. The molecule has 0 saturated heterocycles. The van der Waals surface area contributed by atoms with Gasteiger partial charge in [0.1, 0.15) is 0 Å². The summed E-state index contributed by atoms with van der Waals surface area (Å²) in [5.74, 6) is 0. The summed E-state index contributed by atoms with van der Waals surface area (Å²) in [4.78, 5) is 4.71. The van der Waals surface area contributed by atoms with Gasteiger partial charge in [0.15, 0.2) is 0 Å². The molecule has 0 aliphatic heterocycles. The number of aromatic nitrogens is 1. The predicted molar refractivity (Wildman–Crippen MR) is 93.2 cm³/mol. The largest absolute Gasteiger partial charge is 0.396 e. The van der Waals surface area contributed by atoms with E-state index >= 15 is 0 Å². The van der Waals surface area contributed by atoms with Gasteiger partial charge < -0.3 is 11.5 Å². The van der Waals surface area contributed by atoms with E-state index in [1.807, 2.05) is 18.2 Å². The molecule has 0 bridgehead atoms. The summed E-state index contributed by atoms with van der Waals surface area (Å²) in [6.07, 6.45) is 0. The van der Waals surface area contributed by atoms with Crippen molar-refractivity contribution < 1.29 is 0 Å². The van der Waals surface area contributed by atoms with Gasteiger partial charge in [-0.15, -0.1) is 0 Å². The number of nitrogen functional groups attached to an aromatic ring is 2. The zero-order chi connectivity index (χ0) is 15.1. The van der Waals surface area contributed by atoms with Crippen molar-refractivity contribution in [3.05, 3.63) is 52.0 Å². The average molecular weight is 342 g/mol. The van der Waals surface area contributed by atoms with Gasteiger partial charge in [-0.25, -0.2) is 4.98 Å². The molecule has 4 N–H and O–H groups in total. The Morgan fingerprint density at radius 3 is 2.29 bits per heavy atom. The van der Waals surface area contributed by atoms with Gasteiger partial charge in [-0.3, -0.25) is 0 Å². The number of rotatable bonds is 1. The molecule has 3 rings (SSSR count). The summed E-state index contributed by atoms with van der Waals surface area (Å²) < 4.78 is 0.906. The second-order valence-electron chi connectivity index (χ2n) is 5.30. The molecule has 0 spiro atoms. The molecule has 0 aliphatic rings. The molecule has 21 heavy (non-hydrogen) atoms. The van der Waals surface area contributed by atoms with Gasteiger partial charge in [-0.1, -0.05) is 39.2 Å². The first kappa shape index (κ1) is 13.9. The Kier molecular flexibility index (Phi) is 3.33. The zero-order valence-corrected chi connectivity index (χ0v) is 13.5. The lowest BCUT2D eigenvalue weighted by Gasteiger charge is -2.13. The Morgan fingerprint density at radius 1 is 0.952 bits per heavy atom. The zero-order valence-electron chi connectivity index (χ0n) is 11.9. The third-order valence-electron chi connectivity index (χ3n) is 3.53. The molecule has 0 unspecified atom stereocenters. The number of nitrogens with zero attached hydrogens (tertiary/aromatic N) is 1. The van der Waals surface area contributed by atoms with Crippen molar-refractivity contribution in [2.45, 2.75) is 13.8 Å². The molecule has 1 aromatic heterocycles. The number of aryl methyl sites for hydroxylation is 2. The second-order valence-corrected chi connectivity index (χ2v) is 6.15. The van der Waals surface area contributed by atoms with E-state index in [0.29, 0.717) is 11.4 Å². The Labute approximate surface area is 132 Å². The van der Waals surface area contributed by atoms with Crippen molar-refractivity contribution in [1.29, 1.82) is 0 Å². The van der Waals surface area contributed by atoms with E-state index in [1.54, 1.807) is 0 Å². The summed E-state index contributed by atoms with van der Waals surface area (Å²) in [5, 5.41) is 0.864. The first-order valence-electron chi connectivity index (χ1n) is 6.69. The summed E-state index contributed by atoms with van der Waals surface area (Å²) >= 11 is 3.51. The molecular formula is C17H16BrN3. The van der Waals surface area contributed by atoms with Crippen LogP contribution >= 0.6 is 15.9 Å². The molecule has 0 saturated carbocycles. The SMILES string of the molecule is Cc1cc(C)cc(-c2nc3cccc(Br)c3c(N)c2N)c1. The van der Waals surface area contributed by atoms with Crippen LogP contribution in [-0.2, 0) is 0 Å². The second kappa shape index (κ2) is 5.04. The molecule has 4 heteroatoms. The van der Waals surface area contributed by atoms with Crippen LogP contribution in [0, 0.1) is 13.8 Å². The highest BCUT2D eigenvalue weighted by Crippen LogP contribution is 2.37. The normalized spacial score (nSPS) is 11.0. The topological polar surface area (TPSA) is 64.9 Å². The molecule has 0 aliphatic carbocycles. The van der Waals surface area contributed by atoms with Crippen LogP contribution in [0.15, 0.2) is 40.9 Å². The van der Waals surface area contributed by atoms with E-state index in [9.17, 15) is 0 Å². The number of fused-ring (bicyclic) bond motifs is 1. The minimum absolute atomic E-state index is 0.527. The van der Waals surface area contributed by atoms with Crippen LogP contribution in [0.5, 0.6) is 0 Å². The van der Waals surface area contributed by atoms with Crippen molar-refractivity contribution in [2.75, 3.05) is 11.5 Å². The minimum atomic E-state index is 0.527. The van der Waals surface area contributed by atoms with Crippen molar-refractivity contribution in [2.24, 2.45) is 0 Å². The Hall–Kier alpha value is -2.07. The molecule has 0 radical (unpaired) electrons. The molecule has 0 fully saturated rings. The number of halogens is 1. The first-order valence-corrected chi connectivity index (χ1v) is 7.48. The molecule has 2 aromatic carbocycles. The Bertz CT molecular complexity index is 836. The Balaban J connectivity index is 2.36. The van der Waals surface area contributed by atoms with E-state index in [2.05, 4.69) is 48.0 Å². The molecule has 3 aromatic rings. The fourth-order valence-electron chi connectivity index (χ4n) is 2.65. The standard InChI is InChI=1S/C17H16BrN3/c1-9-6-10(2)8-11(7-9)17-16(20)15(19)14-12(18)4-3-5-13(14)21-17/h3-8H,20H2,1-2H3,(H2,19,21). The van der Waals surface area contributed by atoms with Crippen LogP contribution in [0.1, 0.15) is 11.1 Å². The maximum Gasteiger partial charge on any atom is 0.0960 e. The van der Waals surface area contributed by atoms with E-state index in [1.165, 1.54) is 11.1 Å². The van der Waals surface area contributed by atoms with Crippen LogP contribution in [0.4, 0.5) is 11.4 Å². The number of hydrogen-bond donors (Lipinski definition) is 2. The van der Waals surface area contributed by atoms with Crippen molar-refractivity contribution in [3.8, 4) is 11.3 Å². The van der Waals surface area contributed by atoms with E-state index < -0.39 is 0 Å². The Morgan fingerprint density at radius 2 is 1.62 bits per heavy atom. The van der Waals surface area contributed by atoms with Crippen molar-refractivity contribution in [1.82, 2.24) is 4.98 Å². The van der Waals surface area contributed by atoms with Crippen LogP contribution < -0.4 is 11.5 Å². The van der Waals surface area contributed by atoms with Gasteiger partial charge in [0.25, 0.3) is 0 Å². The number of anilines is 2. The minimum Gasteiger partial charge on any atom is -0.396 e. The third-order valence-corrected chi connectivity index (χ3v) is 4.19. The monoisotopic (exact) mass is 341 g/mol. The average Bonchev–Trinajstić information content (AvgIpc) is 2.41. The quantitative estimate of drug-likeness (QED) is 0.687. The number of benzene rings is 2. The number of nitrogens with two attached hydrogens (primary N) is 2. The van der Waals surface area contributed by atoms with Crippen LogP contribution in [0.25, 0.3) is 22.2 Å². The number of pyridine rings is 1. The fourth-order valence-corrected chi connectivity index (χ4v) is 3.22. The van der Waals surface area contributed by atoms with E-state index in [4.69, 9.17) is 16.5 Å². The number of hydrogen-bond acceptors (Lipinski definition) is 3. The third kappa shape index (κ3) is 2.36. The van der Waals surface area contributed by atoms with E-state index in [-0.39, 0.29) is 0 Å². The highest BCUT2D eigenvalue weighted by atomic mass is 79.9. The lowest BCUT2D eigenvalue weighted by Crippen LogP contribution is -2.02. The van der Waals surface area contributed by atoms with E-state index in [0.717, 1.165) is 26.6 Å². The van der Waals surface area contributed by atoms with Gasteiger partial charge in [0, 0.05) is 15.4 Å². The molecule has 0 atom stereocenters. The van der Waals surface area contributed by atoms with Gasteiger partial charge in [-0.05, 0) is 38.1 Å². The summed E-state index contributed by atoms with van der Waals surface area (Å²) in [7, 11) is 0. The predicted octanol–water partition coefficient (Wildman–Crippen LogP) is 4.45. The van der Waals surface area contributed by atoms with Gasteiger partial charge in [-0.2, -0.15) is 0 Å². The highest BCUT2D eigenvalue weighted by molar-refractivity contribution is 9.10. The lowest BCUT2D eigenvalue weighted by atomic mass is 10.0. The van der Waals surface area contributed by atoms with Crippen molar-refractivity contribution in [3.63, 3.8) is 0 Å². The molecular weight excluding hydrogens is 326 g/mol. The highest BCUT2D eigenvalue weighted by Gasteiger charge is 2.14. The molecule has 106 valence electrons. The van der Waals surface area contributed by atoms with Crippen LogP contribution in [0.2, 0.25) is 0 Å². The molecule has 3 nitrogen and oxygen atoms in total. The van der Waals surface area contributed by atoms with Gasteiger partial charge >= 0.3 is 0 Å². The fraction of sp³-hybridized carbons (Fsp3) is 0.118. The molecule has 0 amide bonds.